The van der Waals surface area contributed by atoms with E-state index in [9.17, 15) is 48.3 Å². The molecule has 0 aliphatic heterocycles. The van der Waals surface area contributed by atoms with Crippen molar-refractivity contribution in [1.82, 2.24) is 0 Å². The first-order valence-electron chi connectivity index (χ1n) is 5.56. The van der Waals surface area contributed by atoms with Crippen LogP contribution in [0.4, 0.5) is 48.3 Å². The Kier molecular flexibility index (Phi) is 8.27. The number of ether oxygens (including phenoxy) is 1. The molecule has 2 unspecified atom stereocenters. The number of rotatable bonds is 7. The van der Waals surface area contributed by atoms with E-state index in [1.807, 2.05) is 0 Å². The summed E-state index contributed by atoms with van der Waals surface area (Å²) in [5, 5.41) is 8.42. The van der Waals surface area contributed by atoms with Crippen molar-refractivity contribution >= 4 is 12.4 Å². The van der Waals surface area contributed by atoms with E-state index in [-0.39, 0.29) is 12.4 Å². The molecule has 0 aromatic carbocycles. The summed E-state index contributed by atoms with van der Waals surface area (Å²) in [7, 11) is 0. The van der Waals surface area contributed by atoms with Gasteiger partial charge in [0.1, 0.15) is 0 Å². The molecular formula is C9H11ClF11NO2. The standard InChI is InChI=1S/C9H10F11NO2.ClH/c10-5(7(13,14)15,2-1-4(21)3-22)23-9(19,20)6(11,12)8(16,17)18;/h4,22H,1-3,21H2;1H. The highest BCUT2D eigenvalue weighted by Gasteiger charge is 2.78. The van der Waals surface area contributed by atoms with Crippen LogP contribution in [0.25, 0.3) is 0 Å². The van der Waals surface area contributed by atoms with Crippen LogP contribution in [0.15, 0.2) is 0 Å². The molecule has 2 atom stereocenters. The molecule has 0 aromatic rings. The van der Waals surface area contributed by atoms with Crippen LogP contribution in [0.2, 0.25) is 0 Å². The molecule has 0 spiro atoms. The second-order valence-electron chi connectivity index (χ2n) is 4.40. The van der Waals surface area contributed by atoms with Gasteiger partial charge in [0.15, 0.2) is 0 Å². The number of aliphatic hydroxyl groups excluding tert-OH is 1. The third kappa shape index (κ3) is 5.46. The highest BCUT2D eigenvalue weighted by atomic mass is 35.5. The smallest absolute Gasteiger partial charge is 0.395 e. The molecule has 0 rings (SSSR count). The van der Waals surface area contributed by atoms with Crippen molar-refractivity contribution in [2.75, 3.05) is 6.61 Å². The molecule has 0 saturated heterocycles. The minimum Gasteiger partial charge on any atom is -0.395 e. The quantitative estimate of drug-likeness (QED) is 0.633. The summed E-state index contributed by atoms with van der Waals surface area (Å²) >= 11 is 0. The van der Waals surface area contributed by atoms with Gasteiger partial charge in [0.05, 0.1) is 6.61 Å². The molecule has 0 aromatic heterocycles. The van der Waals surface area contributed by atoms with Gasteiger partial charge in [0.2, 0.25) is 0 Å². The maximum atomic E-state index is 13.5. The fourth-order valence-electron chi connectivity index (χ4n) is 1.15. The van der Waals surface area contributed by atoms with Gasteiger partial charge in [-0.05, 0) is 6.42 Å². The van der Waals surface area contributed by atoms with E-state index in [0.29, 0.717) is 0 Å². The minimum absolute atomic E-state index is 0. The lowest BCUT2D eigenvalue weighted by Crippen LogP contribution is -2.59. The molecule has 0 aliphatic carbocycles. The zero-order valence-electron chi connectivity index (χ0n) is 11.2. The molecule has 3 N–H and O–H groups in total. The Balaban J connectivity index is 0. The maximum Gasteiger partial charge on any atom is 0.462 e. The van der Waals surface area contributed by atoms with Crippen LogP contribution < -0.4 is 5.73 Å². The average Bonchev–Trinajstić information content (AvgIpc) is 2.32. The van der Waals surface area contributed by atoms with Crippen LogP contribution in [0, 0.1) is 0 Å². The Morgan fingerprint density at radius 2 is 1.25 bits per heavy atom. The van der Waals surface area contributed by atoms with Crippen molar-refractivity contribution in [3.63, 3.8) is 0 Å². The number of hydrogen-bond donors (Lipinski definition) is 2. The highest BCUT2D eigenvalue weighted by molar-refractivity contribution is 5.85. The molecule has 3 nitrogen and oxygen atoms in total. The molecule has 0 heterocycles. The van der Waals surface area contributed by atoms with Gasteiger partial charge in [0, 0.05) is 12.5 Å². The van der Waals surface area contributed by atoms with E-state index >= 15 is 0 Å². The second kappa shape index (κ2) is 7.74. The van der Waals surface area contributed by atoms with E-state index in [1.54, 1.807) is 0 Å². The summed E-state index contributed by atoms with van der Waals surface area (Å²) < 4.78 is 139. The number of hydrogen-bond acceptors (Lipinski definition) is 3. The Bertz CT molecular complexity index is 400. The van der Waals surface area contributed by atoms with E-state index in [1.165, 1.54) is 0 Å². The molecule has 148 valence electrons. The third-order valence-electron chi connectivity index (χ3n) is 2.51. The molecular weight excluding hydrogens is 399 g/mol. The summed E-state index contributed by atoms with van der Waals surface area (Å²) in [6, 6.07) is -1.58. The first-order chi connectivity index (χ1) is 9.91. The third-order valence-corrected chi connectivity index (χ3v) is 2.51. The van der Waals surface area contributed by atoms with Gasteiger partial charge in [-0.3, -0.25) is 4.74 Å². The molecule has 0 bridgehead atoms. The lowest BCUT2D eigenvalue weighted by Gasteiger charge is -2.35. The minimum atomic E-state index is -7.08. The fraction of sp³-hybridized carbons (Fsp3) is 1.00. The van der Waals surface area contributed by atoms with E-state index < -0.39 is 55.7 Å². The zero-order chi connectivity index (χ0) is 18.9. The molecule has 0 aliphatic rings. The van der Waals surface area contributed by atoms with Gasteiger partial charge < -0.3 is 10.8 Å². The normalized spacial score (nSPS) is 17.9. The number of halogens is 12. The van der Waals surface area contributed by atoms with Crippen molar-refractivity contribution in [3.8, 4) is 0 Å². The number of aliphatic hydroxyl groups is 1. The van der Waals surface area contributed by atoms with E-state index in [4.69, 9.17) is 10.8 Å². The predicted molar refractivity (Wildman–Crippen MR) is 58.5 cm³/mol. The van der Waals surface area contributed by atoms with Crippen molar-refractivity contribution in [1.29, 1.82) is 0 Å². The SMILES string of the molecule is Cl.NC(CO)CCC(F)(OC(F)(F)C(F)(F)C(F)(F)F)C(F)(F)F. The summed E-state index contributed by atoms with van der Waals surface area (Å²) in [5.41, 5.74) is 4.89. The van der Waals surface area contributed by atoms with Gasteiger partial charge in [-0.1, -0.05) is 0 Å². The van der Waals surface area contributed by atoms with E-state index in [2.05, 4.69) is 4.74 Å². The van der Waals surface area contributed by atoms with Crippen LogP contribution in [0.3, 0.4) is 0 Å². The summed E-state index contributed by atoms with van der Waals surface area (Å²) in [6.07, 6.45) is -23.5. The van der Waals surface area contributed by atoms with Crippen molar-refractivity contribution in [2.24, 2.45) is 5.73 Å². The first kappa shape index (κ1) is 25.6. The average molecular weight is 410 g/mol. The van der Waals surface area contributed by atoms with Crippen molar-refractivity contribution in [3.05, 3.63) is 0 Å². The Hall–Kier alpha value is -0.600. The Morgan fingerprint density at radius 1 is 0.833 bits per heavy atom. The molecule has 24 heavy (non-hydrogen) atoms. The van der Waals surface area contributed by atoms with Crippen LogP contribution in [0.5, 0.6) is 0 Å². The highest BCUT2D eigenvalue weighted by Crippen LogP contribution is 2.51. The lowest BCUT2D eigenvalue weighted by molar-refractivity contribution is -0.483. The summed E-state index contributed by atoms with van der Waals surface area (Å²) in [4.78, 5) is 0. The Morgan fingerprint density at radius 3 is 1.54 bits per heavy atom. The van der Waals surface area contributed by atoms with Crippen LogP contribution in [0.1, 0.15) is 12.8 Å². The summed E-state index contributed by atoms with van der Waals surface area (Å²) in [5.74, 6) is -12.6. The monoisotopic (exact) mass is 409 g/mol. The van der Waals surface area contributed by atoms with E-state index in [0.717, 1.165) is 0 Å². The molecule has 0 amide bonds. The second-order valence-corrected chi connectivity index (χ2v) is 4.40. The largest absolute Gasteiger partial charge is 0.462 e. The predicted octanol–water partition coefficient (Wildman–Crippen LogP) is 3.54. The topological polar surface area (TPSA) is 55.5 Å². The zero-order valence-corrected chi connectivity index (χ0v) is 12.0. The maximum absolute atomic E-state index is 13.5. The van der Waals surface area contributed by atoms with Crippen LogP contribution >= 0.6 is 12.4 Å². The van der Waals surface area contributed by atoms with Gasteiger partial charge in [0.25, 0.3) is 0 Å². The van der Waals surface area contributed by atoms with Gasteiger partial charge in [-0.15, -0.1) is 12.4 Å². The number of nitrogens with two attached hydrogens (primary N) is 1. The molecule has 15 heteroatoms. The van der Waals surface area contributed by atoms with Gasteiger partial charge >= 0.3 is 30.2 Å². The number of alkyl halides is 11. The fourth-order valence-corrected chi connectivity index (χ4v) is 1.15. The van der Waals surface area contributed by atoms with Crippen molar-refractivity contribution in [2.45, 2.75) is 49.1 Å². The summed E-state index contributed by atoms with van der Waals surface area (Å²) in [6.45, 7) is -1.02. The lowest BCUT2D eigenvalue weighted by atomic mass is 10.1. The van der Waals surface area contributed by atoms with Crippen LogP contribution in [-0.4, -0.2) is 48.0 Å². The van der Waals surface area contributed by atoms with Crippen molar-refractivity contribution < 1.29 is 58.1 Å². The first-order valence-corrected chi connectivity index (χ1v) is 5.56. The Labute approximate surface area is 133 Å². The molecule has 0 fully saturated rings. The van der Waals surface area contributed by atoms with Gasteiger partial charge in [-0.2, -0.15) is 43.9 Å². The van der Waals surface area contributed by atoms with Gasteiger partial charge in [-0.25, -0.2) is 4.39 Å². The van der Waals surface area contributed by atoms with Crippen LogP contribution in [-0.2, 0) is 4.74 Å². The molecule has 0 saturated carbocycles. The molecule has 0 radical (unpaired) electrons.